The van der Waals surface area contributed by atoms with Crippen LogP contribution in [0.4, 0.5) is 5.69 Å². The summed E-state index contributed by atoms with van der Waals surface area (Å²) >= 11 is 7.00. The highest BCUT2D eigenvalue weighted by Crippen LogP contribution is 2.42. The molecule has 8 heteroatoms. The van der Waals surface area contributed by atoms with E-state index in [1.165, 1.54) is 7.11 Å². The molecule has 0 bridgehead atoms. The average Bonchev–Trinajstić information content (AvgIpc) is 3.00. The number of aliphatic hydroxyl groups excluding tert-OH is 1. The van der Waals surface area contributed by atoms with Gasteiger partial charge in [0, 0.05) is 10.6 Å². The van der Waals surface area contributed by atoms with Gasteiger partial charge in [0.15, 0.2) is 11.5 Å². The highest BCUT2D eigenvalue weighted by atomic mass is 35.5. The first-order valence-corrected chi connectivity index (χ1v) is 9.85. The number of aliphatic hydroxyl groups is 1. The van der Waals surface area contributed by atoms with Gasteiger partial charge in [-0.2, -0.15) is 0 Å². The summed E-state index contributed by atoms with van der Waals surface area (Å²) in [7, 11) is 1.45. The average molecular weight is 432 g/mol. The number of halogens is 1. The van der Waals surface area contributed by atoms with Gasteiger partial charge >= 0.3 is 5.97 Å². The molecule has 1 aliphatic heterocycles. The fourth-order valence-corrected chi connectivity index (χ4v) is 3.74. The lowest BCUT2D eigenvalue weighted by atomic mass is 10.1. The Hall–Kier alpha value is -2.90. The van der Waals surface area contributed by atoms with Gasteiger partial charge in [0.2, 0.25) is 0 Å². The van der Waals surface area contributed by atoms with E-state index in [1.54, 1.807) is 55.5 Å². The van der Waals surface area contributed by atoms with Crippen LogP contribution in [0, 0.1) is 0 Å². The molecule has 0 radical (unpaired) electrons. The molecule has 1 heterocycles. The molecule has 1 aliphatic rings. The van der Waals surface area contributed by atoms with Gasteiger partial charge in [-0.05, 0) is 43.3 Å². The Morgan fingerprint density at radius 1 is 1.21 bits per heavy atom. The summed E-state index contributed by atoms with van der Waals surface area (Å²) in [5, 5.41) is 21.9. The second-order valence-corrected chi connectivity index (χ2v) is 7.31. The number of aromatic hydroxyl groups is 1. The molecule has 0 spiro atoms. The molecule has 0 atom stereocenters. The molecule has 0 aliphatic carbocycles. The van der Waals surface area contributed by atoms with Crippen LogP contribution in [0.1, 0.15) is 12.5 Å². The highest BCUT2D eigenvalue weighted by molar-refractivity contribution is 8.18. The number of hydrogen-bond donors (Lipinski definition) is 2. The van der Waals surface area contributed by atoms with Crippen molar-refractivity contribution in [3.05, 3.63) is 69.3 Å². The molecule has 2 aromatic rings. The third-order valence-electron chi connectivity index (χ3n) is 3.96. The Balaban J connectivity index is 2.06. The molecule has 0 aromatic heterocycles. The fourth-order valence-electron chi connectivity index (χ4n) is 2.59. The topological polar surface area (TPSA) is 88.4 Å². The van der Waals surface area contributed by atoms with E-state index >= 15 is 0 Å². The normalized spacial score (nSPS) is 16.5. The third kappa shape index (κ3) is 4.58. The summed E-state index contributed by atoms with van der Waals surface area (Å²) in [6.45, 7) is 1.84. The predicted molar refractivity (Wildman–Crippen MR) is 115 cm³/mol. The molecule has 0 amide bonds. The minimum atomic E-state index is -0.677. The Labute approximate surface area is 177 Å². The molecule has 6 nitrogen and oxygen atoms in total. The van der Waals surface area contributed by atoms with Crippen LogP contribution >= 0.6 is 23.4 Å². The van der Waals surface area contributed by atoms with Crippen LogP contribution < -0.4 is 4.74 Å². The number of thioether (sulfide) groups is 1. The molecule has 3 rings (SSSR count). The summed E-state index contributed by atoms with van der Waals surface area (Å²) in [5.41, 5.74) is 0.965. The number of esters is 1. The molecule has 2 aromatic carbocycles. The zero-order valence-electron chi connectivity index (χ0n) is 15.7. The van der Waals surface area contributed by atoms with Crippen LogP contribution in [-0.2, 0) is 9.53 Å². The van der Waals surface area contributed by atoms with Crippen molar-refractivity contribution in [2.45, 2.75) is 6.92 Å². The first kappa shape index (κ1) is 20.8. The van der Waals surface area contributed by atoms with Crippen LogP contribution in [0.15, 0.2) is 63.7 Å². The van der Waals surface area contributed by atoms with Gasteiger partial charge in [-0.15, -0.1) is 0 Å². The number of benzene rings is 2. The first-order chi connectivity index (χ1) is 13.9. The van der Waals surface area contributed by atoms with Crippen molar-refractivity contribution in [2.75, 3.05) is 13.7 Å². The minimum absolute atomic E-state index is 0.0274. The number of phenols is 1. The van der Waals surface area contributed by atoms with Crippen LogP contribution in [0.2, 0.25) is 5.02 Å². The number of carbonyl (C=O) groups is 1. The van der Waals surface area contributed by atoms with Gasteiger partial charge < -0.3 is 19.7 Å². The maximum atomic E-state index is 12.4. The second kappa shape index (κ2) is 9.07. The van der Waals surface area contributed by atoms with Crippen molar-refractivity contribution < 1.29 is 24.5 Å². The Bertz CT molecular complexity index is 1030. The largest absolute Gasteiger partial charge is 0.506 e. The van der Waals surface area contributed by atoms with Gasteiger partial charge in [0.1, 0.15) is 16.4 Å². The van der Waals surface area contributed by atoms with Crippen LogP contribution in [0.25, 0.3) is 6.08 Å². The predicted octanol–water partition coefficient (Wildman–Crippen LogP) is 5.25. The quantitative estimate of drug-likeness (QED) is 0.629. The number of para-hydroxylation sites is 1. The van der Waals surface area contributed by atoms with Gasteiger partial charge in [-0.25, -0.2) is 9.79 Å². The van der Waals surface area contributed by atoms with E-state index in [4.69, 9.17) is 21.1 Å². The molecule has 0 saturated heterocycles. The van der Waals surface area contributed by atoms with Crippen molar-refractivity contribution in [3.8, 4) is 11.5 Å². The molecule has 0 saturated carbocycles. The second-order valence-electron chi connectivity index (χ2n) is 5.85. The SMILES string of the molecule is CCOC(=O)C1=C(O)/C(=C/c2cccc(OC)c2O)SC1=Nc1ccc(Cl)cc1. The zero-order valence-corrected chi connectivity index (χ0v) is 17.3. The van der Waals surface area contributed by atoms with Gasteiger partial charge in [-0.1, -0.05) is 35.5 Å². The number of methoxy groups -OCH3 is 1. The van der Waals surface area contributed by atoms with E-state index < -0.39 is 5.97 Å². The summed E-state index contributed by atoms with van der Waals surface area (Å²) in [6, 6.07) is 11.7. The number of carbonyl (C=O) groups excluding carboxylic acids is 1. The standard InChI is InChI=1S/C21H18ClNO5S/c1-3-28-21(26)17-19(25)16(11-12-5-4-6-15(27-2)18(12)24)29-20(17)23-14-9-7-13(22)8-10-14/h4-11,24-25H,3H2,1-2H3/b16-11-,23-20?. The van der Waals surface area contributed by atoms with Crippen molar-refractivity contribution in [1.29, 1.82) is 0 Å². The van der Waals surface area contributed by atoms with Crippen molar-refractivity contribution in [1.82, 2.24) is 0 Å². The first-order valence-electron chi connectivity index (χ1n) is 8.65. The maximum absolute atomic E-state index is 12.4. The molecule has 0 fully saturated rings. The Kier molecular flexibility index (Phi) is 6.51. The third-order valence-corrected chi connectivity index (χ3v) is 5.24. The number of ether oxygens (including phenoxy) is 2. The molecule has 150 valence electrons. The zero-order chi connectivity index (χ0) is 21.0. The summed E-state index contributed by atoms with van der Waals surface area (Å²) in [6.07, 6.45) is 1.56. The van der Waals surface area contributed by atoms with Crippen molar-refractivity contribution in [2.24, 2.45) is 4.99 Å². The molecule has 0 unspecified atom stereocenters. The Morgan fingerprint density at radius 2 is 1.93 bits per heavy atom. The molecule has 2 N–H and O–H groups in total. The van der Waals surface area contributed by atoms with E-state index in [2.05, 4.69) is 4.99 Å². The van der Waals surface area contributed by atoms with Gasteiger partial charge in [0.05, 0.1) is 24.3 Å². The number of nitrogens with zero attached hydrogens (tertiary/aromatic N) is 1. The van der Waals surface area contributed by atoms with Crippen molar-refractivity contribution in [3.63, 3.8) is 0 Å². The lowest BCUT2D eigenvalue weighted by Gasteiger charge is -2.06. The number of phenolic OH excluding ortho intramolecular Hbond substituents is 1. The number of hydrogen-bond acceptors (Lipinski definition) is 7. The van der Waals surface area contributed by atoms with E-state index in [0.29, 0.717) is 26.9 Å². The van der Waals surface area contributed by atoms with E-state index in [1.807, 2.05) is 0 Å². The lowest BCUT2D eigenvalue weighted by Crippen LogP contribution is -2.12. The van der Waals surface area contributed by atoms with Crippen LogP contribution in [-0.4, -0.2) is 34.9 Å². The smallest absolute Gasteiger partial charge is 0.344 e. The number of aliphatic imine (C=N–C) groups is 1. The van der Waals surface area contributed by atoms with E-state index in [-0.39, 0.29) is 28.7 Å². The monoisotopic (exact) mass is 431 g/mol. The molecular weight excluding hydrogens is 414 g/mol. The highest BCUT2D eigenvalue weighted by Gasteiger charge is 2.33. The van der Waals surface area contributed by atoms with Crippen LogP contribution in [0.3, 0.4) is 0 Å². The maximum Gasteiger partial charge on any atom is 0.344 e. The molecule has 29 heavy (non-hydrogen) atoms. The summed E-state index contributed by atoms with van der Waals surface area (Å²) in [4.78, 5) is 17.2. The lowest BCUT2D eigenvalue weighted by molar-refractivity contribution is -0.138. The summed E-state index contributed by atoms with van der Waals surface area (Å²) < 4.78 is 10.2. The van der Waals surface area contributed by atoms with Gasteiger partial charge in [-0.3, -0.25) is 0 Å². The van der Waals surface area contributed by atoms with E-state index in [0.717, 1.165) is 11.8 Å². The number of rotatable bonds is 5. The van der Waals surface area contributed by atoms with Gasteiger partial charge in [0.25, 0.3) is 0 Å². The van der Waals surface area contributed by atoms with Crippen molar-refractivity contribution >= 4 is 46.1 Å². The van der Waals surface area contributed by atoms with E-state index in [9.17, 15) is 15.0 Å². The minimum Gasteiger partial charge on any atom is -0.506 e. The van der Waals surface area contributed by atoms with Crippen LogP contribution in [0.5, 0.6) is 11.5 Å². The summed E-state index contributed by atoms with van der Waals surface area (Å²) in [5.74, 6) is -0.713. The Morgan fingerprint density at radius 3 is 2.59 bits per heavy atom. The molecular formula is C21H18ClNO5S. The fraction of sp³-hybridized carbons (Fsp3) is 0.143.